The Kier molecular flexibility index (Phi) is 3.66. The maximum absolute atomic E-state index is 11.8. The third kappa shape index (κ3) is 2.60. The van der Waals surface area contributed by atoms with Crippen LogP contribution in [0.5, 0.6) is 0 Å². The summed E-state index contributed by atoms with van der Waals surface area (Å²) in [5.74, 6) is -0.890. The van der Waals surface area contributed by atoms with Gasteiger partial charge in [0.15, 0.2) is 0 Å². The van der Waals surface area contributed by atoms with Gasteiger partial charge in [-0.15, -0.1) is 0 Å². The summed E-state index contributed by atoms with van der Waals surface area (Å²) in [5, 5.41) is 9.31. The van der Waals surface area contributed by atoms with Crippen LogP contribution in [0.4, 0.5) is 0 Å². The maximum atomic E-state index is 11.8. The van der Waals surface area contributed by atoms with E-state index in [1.165, 1.54) is 0 Å². The van der Waals surface area contributed by atoms with E-state index in [4.69, 9.17) is 5.73 Å². The number of carbonyl (C=O) groups is 2. The smallest absolute Gasteiger partial charge is 0.308 e. The van der Waals surface area contributed by atoms with Crippen molar-refractivity contribution in [2.75, 3.05) is 13.1 Å². The van der Waals surface area contributed by atoms with Crippen LogP contribution in [0.15, 0.2) is 0 Å². The van der Waals surface area contributed by atoms with Crippen molar-refractivity contribution in [3.05, 3.63) is 0 Å². The first-order chi connectivity index (χ1) is 8.15. The number of nitrogens with two attached hydrogens (primary N) is 1. The van der Waals surface area contributed by atoms with Crippen molar-refractivity contribution in [1.29, 1.82) is 0 Å². The first-order valence-electron chi connectivity index (χ1n) is 6.37. The van der Waals surface area contributed by atoms with E-state index in [1.54, 1.807) is 4.90 Å². The van der Waals surface area contributed by atoms with E-state index in [0.29, 0.717) is 18.9 Å². The first-order valence-corrected chi connectivity index (χ1v) is 6.37. The minimum absolute atomic E-state index is 0.0183. The molecular formula is C12H20N2O3. The Morgan fingerprint density at radius 1 is 1.24 bits per heavy atom. The van der Waals surface area contributed by atoms with Gasteiger partial charge >= 0.3 is 5.97 Å². The fraction of sp³-hybridized carbons (Fsp3) is 0.833. The molecule has 0 bridgehead atoms. The third-order valence-electron chi connectivity index (χ3n) is 3.85. The molecule has 2 rings (SSSR count). The van der Waals surface area contributed by atoms with Crippen molar-refractivity contribution in [2.45, 2.75) is 38.1 Å². The molecule has 0 aromatic heterocycles. The van der Waals surface area contributed by atoms with Crippen LogP contribution >= 0.6 is 0 Å². The molecule has 0 aromatic rings. The predicted octanol–water partition coefficient (Wildman–Crippen LogP) is 0.437. The Labute approximate surface area is 101 Å². The molecule has 1 saturated carbocycles. The van der Waals surface area contributed by atoms with Crippen LogP contribution in [-0.4, -0.2) is 41.0 Å². The van der Waals surface area contributed by atoms with E-state index in [1.807, 2.05) is 0 Å². The van der Waals surface area contributed by atoms with Crippen LogP contribution in [0.1, 0.15) is 32.1 Å². The number of hydrogen-bond acceptors (Lipinski definition) is 3. The maximum Gasteiger partial charge on any atom is 0.308 e. The molecule has 0 radical (unpaired) electrons. The van der Waals surface area contributed by atoms with Gasteiger partial charge in [0.1, 0.15) is 0 Å². The number of hydrogen-bond donors (Lipinski definition) is 2. The van der Waals surface area contributed by atoms with Crippen LogP contribution in [0.2, 0.25) is 0 Å². The summed E-state index contributed by atoms with van der Waals surface area (Å²) < 4.78 is 0. The van der Waals surface area contributed by atoms with Gasteiger partial charge in [-0.25, -0.2) is 0 Å². The molecule has 2 atom stereocenters. The molecule has 2 aliphatic rings. The topological polar surface area (TPSA) is 83.6 Å². The number of likely N-dealkylation sites (tertiary alicyclic amines) is 1. The van der Waals surface area contributed by atoms with Gasteiger partial charge < -0.3 is 15.7 Å². The summed E-state index contributed by atoms with van der Waals surface area (Å²) in [6.07, 6.45) is 4.55. The number of rotatable bonds is 3. The molecule has 1 heterocycles. The van der Waals surface area contributed by atoms with Crippen molar-refractivity contribution in [3.63, 3.8) is 0 Å². The van der Waals surface area contributed by atoms with Crippen LogP contribution in [0.3, 0.4) is 0 Å². The van der Waals surface area contributed by atoms with Crippen LogP contribution in [0, 0.1) is 11.8 Å². The molecule has 5 heteroatoms. The van der Waals surface area contributed by atoms with Gasteiger partial charge in [0.25, 0.3) is 0 Å². The molecule has 3 N–H and O–H groups in total. The number of carboxylic acids is 1. The number of aliphatic carboxylic acids is 1. The standard InChI is InChI=1S/C12H20N2O3/c13-7-10(15)14-6-2-1-3-9(12(16)17)11(14)8-4-5-8/h8-9,11H,1-7,13H2,(H,16,17)/t9-,11+/m0/s1. The third-order valence-corrected chi connectivity index (χ3v) is 3.85. The summed E-state index contributed by atoms with van der Waals surface area (Å²) >= 11 is 0. The second-order valence-electron chi connectivity index (χ2n) is 5.06. The summed E-state index contributed by atoms with van der Waals surface area (Å²) in [7, 11) is 0. The second kappa shape index (κ2) is 5.04. The molecule has 0 spiro atoms. The van der Waals surface area contributed by atoms with Gasteiger partial charge in [-0.2, -0.15) is 0 Å². The number of carbonyl (C=O) groups excluding carboxylic acids is 1. The largest absolute Gasteiger partial charge is 0.481 e. The van der Waals surface area contributed by atoms with Crippen molar-refractivity contribution in [1.82, 2.24) is 4.90 Å². The fourth-order valence-corrected chi connectivity index (χ4v) is 2.88. The Morgan fingerprint density at radius 2 is 1.94 bits per heavy atom. The zero-order chi connectivity index (χ0) is 12.4. The minimum Gasteiger partial charge on any atom is -0.481 e. The van der Waals surface area contributed by atoms with Gasteiger partial charge in [0, 0.05) is 12.6 Å². The molecule has 0 unspecified atom stereocenters. The summed E-state index contributed by atoms with van der Waals surface area (Å²) in [5.41, 5.74) is 5.42. The Balaban J connectivity index is 2.21. The van der Waals surface area contributed by atoms with Crippen molar-refractivity contribution in [2.24, 2.45) is 17.6 Å². The average molecular weight is 240 g/mol. The van der Waals surface area contributed by atoms with Gasteiger partial charge in [-0.3, -0.25) is 9.59 Å². The summed E-state index contributed by atoms with van der Waals surface area (Å²) in [6.45, 7) is 0.649. The van der Waals surface area contributed by atoms with Gasteiger partial charge in [-0.05, 0) is 31.6 Å². The molecule has 96 valence electrons. The average Bonchev–Trinajstić information content (AvgIpc) is 3.12. The normalized spacial score (nSPS) is 29.8. The van der Waals surface area contributed by atoms with Gasteiger partial charge in [0.05, 0.1) is 12.5 Å². The SMILES string of the molecule is NCC(=O)N1CCCC[C@H](C(=O)O)[C@H]1C1CC1. The summed E-state index contributed by atoms with van der Waals surface area (Å²) in [4.78, 5) is 24.9. The second-order valence-corrected chi connectivity index (χ2v) is 5.06. The fourth-order valence-electron chi connectivity index (χ4n) is 2.88. The van der Waals surface area contributed by atoms with Gasteiger partial charge in [0.2, 0.25) is 5.91 Å². The Bertz CT molecular complexity index is 315. The molecule has 1 aliphatic heterocycles. The van der Waals surface area contributed by atoms with E-state index in [0.717, 1.165) is 25.7 Å². The van der Waals surface area contributed by atoms with E-state index in [9.17, 15) is 14.7 Å². The lowest BCUT2D eigenvalue weighted by Crippen LogP contribution is -2.49. The molecule has 5 nitrogen and oxygen atoms in total. The van der Waals surface area contributed by atoms with Gasteiger partial charge in [-0.1, -0.05) is 6.42 Å². The van der Waals surface area contributed by atoms with Crippen molar-refractivity contribution < 1.29 is 14.7 Å². The quantitative estimate of drug-likeness (QED) is 0.749. The molecule has 1 saturated heterocycles. The van der Waals surface area contributed by atoms with Crippen LogP contribution in [-0.2, 0) is 9.59 Å². The molecule has 2 fully saturated rings. The highest BCUT2D eigenvalue weighted by Crippen LogP contribution is 2.41. The zero-order valence-corrected chi connectivity index (χ0v) is 9.97. The monoisotopic (exact) mass is 240 g/mol. The first kappa shape index (κ1) is 12.4. The number of amides is 1. The lowest BCUT2D eigenvalue weighted by atomic mass is 9.91. The Morgan fingerprint density at radius 3 is 2.47 bits per heavy atom. The van der Waals surface area contributed by atoms with E-state index < -0.39 is 11.9 Å². The van der Waals surface area contributed by atoms with Crippen molar-refractivity contribution >= 4 is 11.9 Å². The lowest BCUT2D eigenvalue weighted by molar-refractivity contribution is -0.146. The van der Waals surface area contributed by atoms with Crippen LogP contribution < -0.4 is 5.73 Å². The molecule has 17 heavy (non-hydrogen) atoms. The highest BCUT2D eigenvalue weighted by molar-refractivity contribution is 5.80. The molecular weight excluding hydrogens is 220 g/mol. The Hall–Kier alpha value is -1.10. The van der Waals surface area contributed by atoms with Crippen molar-refractivity contribution in [3.8, 4) is 0 Å². The minimum atomic E-state index is -0.765. The number of nitrogens with zero attached hydrogens (tertiary/aromatic N) is 1. The number of carboxylic acid groups (broad SMARTS) is 1. The highest BCUT2D eigenvalue weighted by Gasteiger charge is 2.45. The van der Waals surface area contributed by atoms with Crippen LogP contribution in [0.25, 0.3) is 0 Å². The summed E-state index contributed by atoms with van der Waals surface area (Å²) in [6, 6.07) is -0.119. The lowest BCUT2D eigenvalue weighted by Gasteiger charge is -2.33. The zero-order valence-electron chi connectivity index (χ0n) is 9.97. The highest BCUT2D eigenvalue weighted by atomic mass is 16.4. The molecule has 0 aromatic carbocycles. The molecule has 1 amide bonds. The molecule has 1 aliphatic carbocycles. The predicted molar refractivity (Wildman–Crippen MR) is 62.3 cm³/mol. The van der Waals surface area contributed by atoms with E-state index in [2.05, 4.69) is 0 Å². The van der Waals surface area contributed by atoms with E-state index >= 15 is 0 Å². The van der Waals surface area contributed by atoms with E-state index in [-0.39, 0.29) is 18.5 Å².